The number of hydrogen-bond donors (Lipinski definition) is 1. The molecule has 106 valence electrons. The Labute approximate surface area is 117 Å². The van der Waals surface area contributed by atoms with Gasteiger partial charge in [0.2, 0.25) is 10.0 Å². The molecule has 1 N–H and O–H groups in total. The fourth-order valence-electron chi connectivity index (χ4n) is 1.70. The molecule has 0 radical (unpaired) electrons. The van der Waals surface area contributed by atoms with Gasteiger partial charge >= 0.3 is 6.18 Å². The Morgan fingerprint density at radius 2 is 1.89 bits per heavy atom. The number of benzene rings is 1. The lowest BCUT2D eigenvalue weighted by Crippen LogP contribution is -2.39. The average Bonchev–Trinajstić information content (AvgIpc) is 2.22. The van der Waals surface area contributed by atoms with E-state index in [-0.39, 0.29) is 15.4 Å². The van der Waals surface area contributed by atoms with Crippen LogP contribution in [0.2, 0.25) is 0 Å². The molecule has 0 heterocycles. The Kier molecular flexibility index (Phi) is 3.95. The summed E-state index contributed by atoms with van der Waals surface area (Å²) in [5.41, 5.74) is -0.996. The molecule has 1 saturated carbocycles. The van der Waals surface area contributed by atoms with E-state index in [1.807, 2.05) is 0 Å². The summed E-state index contributed by atoms with van der Waals surface area (Å²) in [7, 11) is -3.89. The molecule has 0 atom stereocenters. The van der Waals surface area contributed by atoms with E-state index in [4.69, 9.17) is 0 Å². The van der Waals surface area contributed by atoms with Crippen LogP contribution in [0.5, 0.6) is 0 Å². The van der Waals surface area contributed by atoms with Gasteiger partial charge < -0.3 is 0 Å². The van der Waals surface area contributed by atoms with Crippen molar-refractivity contribution in [1.82, 2.24) is 4.72 Å². The van der Waals surface area contributed by atoms with Crippen molar-refractivity contribution in [2.75, 3.05) is 0 Å². The highest BCUT2D eigenvalue weighted by atomic mass is 79.9. The predicted molar refractivity (Wildman–Crippen MR) is 67.1 cm³/mol. The lowest BCUT2D eigenvalue weighted by Gasteiger charge is -2.26. The van der Waals surface area contributed by atoms with Gasteiger partial charge in [0, 0.05) is 10.5 Å². The van der Waals surface area contributed by atoms with E-state index in [1.54, 1.807) is 0 Å². The minimum absolute atomic E-state index is 0.164. The monoisotopic (exact) mass is 357 g/mol. The van der Waals surface area contributed by atoms with Crippen molar-refractivity contribution in [3.63, 3.8) is 0 Å². The molecule has 0 spiro atoms. The van der Waals surface area contributed by atoms with Crippen LogP contribution in [0, 0.1) is 0 Å². The van der Waals surface area contributed by atoms with Crippen molar-refractivity contribution >= 4 is 26.0 Å². The highest BCUT2D eigenvalue weighted by molar-refractivity contribution is 9.10. The first-order valence-corrected chi connectivity index (χ1v) is 7.87. The number of halogens is 4. The van der Waals surface area contributed by atoms with Gasteiger partial charge in [0.1, 0.15) is 0 Å². The van der Waals surface area contributed by atoms with E-state index in [0.29, 0.717) is 6.07 Å². The number of alkyl halides is 3. The quantitative estimate of drug-likeness (QED) is 0.901. The Balaban J connectivity index is 2.34. The summed E-state index contributed by atoms with van der Waals surface area (Å²) < 4.78 is 64.2. The largest absolute Gasteiger partial charge is 0.417 e. The number of nitrogens with one attached hydrogen (secondary N) is 1. The molecule has 0 amide bonds. The Morgan fingerprint density at radius 3 is 2.37 bits per heavy atom. The summed E-state index contributed by atoms with van der Waals surface area (Å²) in [5, 5.41) is 0. The third kappa shape index (κ3) is 3.29. The molecule has 0 bridgehead atoms. The van der Waals surface area contributed by atoms with Crippen molar-refractivity contribution < 1.29 is 21.6 Å². The van der Waals surface area contributed by atoms with E-state index >= 15 is 0 Å². The van der Waals surface area contributed by atoms with Gasteiger partial charge in [-0.25, -0.2) is 13.1 Å². The first kappa shape index (κ1) is 14.8. The molecule has 3 nitrogen and oxygen atoms in total. The summed E-state index contributed by atoms with van der Waals surface area (Å²) >= 11 is 2.77. The van der Waals surface area contributed by atoms with Gasteiger partial charge in [0.05, 0.1) is 10.5 Å². The summed E-state index contributed by atoms with van der Waals surface area (Å²) in [6.45, 7) is 0. The fraction of sp³-hybridized carbons (Fsp3) is 0.455. The minimum atomic E-state index is -4.60. The van der Waals surface area contributed by atoms with Crippen LogP contribution >= 0.6 is 15.9 Å². The van der Waals surface area contributed by atoms with Crippen LogP contribution in [0.15, 0.2) is 27.6 Å². The van der Waals surface area contributed by atoms with Crippen molar-refractivity contribution in [2.24, 2.45) is 0 Å². The van der Waals surface area contributed by atoms with E-state index in [1.165, 1.54) is 0 Å². The molecule has 1 fully saturated rings. The van der Waals surface area contributed by atoms with Gasteiger partial charge in [-0.15, -0.1) is 0 Å². The first-order valence-electron chi connectivity index (χ1n) is 5.59. The van der Waals surface area contributed by atoms with Gasteiger partial charge in [-0.05, 0) is 31.0 Å². The van der Waals surface area contributed by atoms with E-state index in [0.717, 1.165) is 31.4 Å². The molecule has 0 saturated heterocycles. The summed E-state index contributed by atoms with van der Waals surface area (Å²) in [6.07, 6.45) is -2.22. The highest BCUT2D eigenvalue weighted by Crippen LogP contribution is 2.36. The molecule has 0 aliphatic heterocycles. The maximum atomic E-state index is 12.7. The van der Waals surface area contributed by atoms with Gasteiger partial charge in [-0.3, -0.25) is 0 Å². The van der Waals surface area contributed by atoms with Gasteiger partial charge in [-0.1, -0.05) is 22.4 Å². The van der Waals surface area contributed by atoms with Crippen LogP contribution < -0.4 is 4.72 Å². The fourth-order valence-corrected chi connectivity index (χ4v) is 3.50. The van der Waals surface area contributed by atoms with Crippen LogP contribution in [0.1, 0.15) is 24.8 Å². The molecule has 1 aromatic carbocycles. The summed E-state index contributed by atoms with van der Waals surface area (Å²) in [6, 6.07) is 2.73. The average molecular weight is 358 g/mol. The minimum Gasteiger partial charge on any atom is -0.208 e. The lowest BCUT2D eigenvalue weighted by atomic mass is 9.94. The number of sulfonamides is 1. The summed E-state index contributed by atoms with van der Waals surface area (Å²) in [5.74, 6) is 0. The molecular formula is C11H11BrF3NO2S. The molecule has 1 aliphatic carbocycles. The van der Waals surface area contributed by atoms with E-state index < -0.39 is 21.8 Å². The van der Waals surface area contributed by atoms with Crippen LogP contribution in [-0.2, 0) is 16.2 Å². The zero-order valence-corrected chi connectivity index (χ0v) is 12.1. The van der Waals surface area contributed by atoms with Gasteiger partial charge in [-0.2, -0.15) is 13.2 Å². The Bertz CT molecular complexity index is 582. The topological polar surface area (TPSA) is 46.2 Å². The Hall–Kier alpha value is -0.600. The van der Waals surface area contributed by atoms with Crippen LogP contribution in [-0.4, -0.2) is 14.5 Å². The smallest absolute Gasteiger partial charge is 0.208 e. The standard InChI is InChI=1S/C11H11BrF3NO2S/c12-10-5-4-8(6-9(10)11(13,14)15)19(17,18)16-7-2-1-3-7/h4-7,16H,1-3H2. The predicted octanol–water partition coefficient (Wildman–Crippen LogP) is 3.30. The van der Waals surface area contributed by atoms with Crippen molar-refractivity contribution in [1.29, 1.82) is 0 Å². The molecule has 1 aromatic rings. The normalized spacial score (nSPS) is 17.3. The lowest BCUT2D eigenvalue weighted by molar-refractivity contribution is -0.138. The molecule has 1 aliphatic rings. The number of rotatable bonds is 3. The summed E-state index contributed by atoms with van der Waals surface area (Å²) in [4.78, 5) is -0.366. The zero-order chi connectivity index (χ0) is 14.3. The molecule has 2 rings (SSSR count). The third-order valence-corrected chi connectivity index (χ3v) is 5.19. The zero-order valence-electron chi connectivity index (χ0n) is 9.67. The second-order valence-corrected chi connectivity index (χ2v) is 6.96. The second-order valence-electron chi connectivity index (χ2n) is 4.39. The van der Waals surface area contributed by atoms with Crippen molar-refractivity contribution in [3.05, 3.63) is 28.2 Å². The molecule has 8 heteroatoms. The second kappa shape index (κ2) is 5.06. The highest BCUT2D eigenvalue weighted by Gasteiger charge is 2.34. The van der Waals surface area contributed by atoms with E-state index in [2.05, 4.69) is 20.7 Å². The van der Waals surface area contributed by atoms with Gasteiger partial charge in [0.15, 0.2) is 0 Å². The van der Waals surface area contributed by atoms with Crippen LogP contribution in [0.25, 0.3) is 0 Å². The Morgan fingerprint density at radius 1 is 1.26 bits per heavy atom. The first-order chi connectivity index (χ1) is 8.70. The van der Waals surface area contributed by atoms with Crippen molar-refractivity contribution in [2.45, 2.75) is 36.4 Å². The molecule has 19 heavy (non-hydrogen) atoms. The third-order valence-electron chi connectivity index (χ3n) is 2.98. The maximum absolute atomic E-state index is 12.7. The van der Waals surface area contributed by atoms with Crippen LogP contribution in [0.3, 0.4) is 0 Å². The van der Waals surface area contributed by atoms with Crippen LogP contribution in [0.4, 0.5) is 13.2 Å². The van der Waals surface area contributed by atoms with Crippen molar-refractivity contribution in [3.8, 4) is 0 Å². The molecule has 0 aromatic heterocycles. The van der Waals surface area contributed by atoms with E-state index in [9.17, 15) is 21.6 Å². The molecular weight excluding hydrogens is 347 g/mol. The maximum Gasteiger partial charge on any atom is 0.417 e. The SMILES string of the molecule is O=S(=O)(NC1CCC1)c1ccc(Br)c(C(F)(F)F)c1. The van der Waals surface area contributed by atoms with Gasteiger partial charge in [0.25, 0.3) is 0 Å². The number of hydrogen-bond acceptors (Lipinski definition) is 2. The molecule has 0 unspecified atom stereocenters.